The van der Waals surface area contributed by atoms with Gasteiger partial charge < -0.3 is 11.1 Å². The topological polar surface area (TPSA) is 123 Å². The molecule has 0 saturated carbocycles. The quantitative estimate of drug-likeness (QED) is 0.530. The smallest absolute Gasteiger partial charge is 0.251 e. The van der Waals surface area contributed by atoms with Gasteiger partial charge in [-0.15, -0.1) is 17.5 Å². The van der Waals surface area contributed by atoms with E-state index >= 15 is 0 Å². The second-order valence-corrected chi connectivity index (χ2v) is 9.07. The fourth-order valence-corrected chi connectivity index (χ4v) is 4.00. The highest BCUT2D eigenvalue weighted by molar-refractivity contribution is 7.89. The summed E-state index contributed by atoms with van der Waals surface area (Å²) in [6, 6.07) is 9.48. The van der Waals surface area contributed by atoms with Crippen LogP contribution >= 0.6 is 12.4 Å². The van der Waals surface area contributed by atoms with Crippen LogP contribution in [0, 0.1) is 0 Å². The third-order valence-corrected chi connectivity index (χ3v) is 6.48. The molecule has 9 nitrogen and oxygen atoms in total. The van der Waals surface area contributed by atoms with Gasteiger partial charge in [-0.05, 0) is 35.9 Å². The SMILES string of the molecule is CNC(=O)c1cc(-c2cccc(S(=O)(=O)N(C)C)c2)c2nnn(C/C(F)=C/CN)c2c1.Cl. The van der Waals surface area contributed by atoms with Crippen molar-refractivity contribution in [1.82, 2.24) is 24.6 Å². The third kappa shape index (κ3) is 4.96. The Hall–Kier alpha value is -2.86. The summed E-state index contributed by atoms with van der Waals surface area (Å²) in [6.45, 7) is -0.153. The number of allylic oxidation sites excluding steroid dienone is 1. The molecule has 0 aliphatic carbocycles. The first-order chi connectivity index (χ1) is 14.7. The number of hydrogen-bond acceptors (Lipinski definition) is 6. The molecule has 0 aliphatic rings. The minimum Gasteiger partial charge on any atom is -0.355 e. The van der Waals surface area contributed by atoms with Gasteiger partial charge in [0.05, 0.1) is 17.0 Å². The molecule has 0 aliphatic heterocycles. The summed E-state index contributed by atoms with van der Waals surface area (Å²) < 4.78 is 41.6. The summed E-state index contributed by atoms with van der Waals surface area (Å²) >= 11 is 0. The van der Waals surface area contributed by atoms with Crippen LogP contribution in [0.3, 0.4) is 0 Å². The van der Waals surface area contributed by atoms with Gasteiger partial charge in [-0.3, -0.25) is 4.79 Å². The maximum Gasteiger partial charge on any atom is 0.251 e. The number of nitrogens with one attached hydrogen (secondary N) is 1. The summed E-state index contributed by atoms with van der Waals surface area (Å²) in [5.41, 5.74) is 7.53. The molecule has 2 aromatic carbocycles. The largest absolute Gasteiger partial charge is 0.355 e. The first-order valence-electron chi connectivity index (χ1n) is 9.36. The van der Waals surface area contributed by atoms with Crippen LogP contribution in [0.5, 0.6) is 0 Å². The van der Waals surface area contributed by atoms with E-state index in [1.54, 1.807) is 24.3 Å². The molecule has 0 atom stereocenters. The molecule has 0 spiro atoms. The standard InChI is InChI=1S/C20H23FN6O3S.ClH/c1-23-20(28)14-10-17(13-5-4-6-16(9-13)31(29,30)26(2)3)19-18(11-14)27(25-24-19)12-15(21)7-8-22;/h4-7,9-11H,8,12,22H2,1-3H3,(H,23,28);1H/b15-7-;. The maximum absolute atomic E-state index is 14.0. The fourth-order valence-electron chi connectivity index (χ4n) is 3.05. The lowest BCUT2D eigenvalue weighted by Crippen LogP contribution is -2.22. The van der Waals surface area contributed by atoms with E-state index < -0.39 is 15.9 Å². The Kier molecular flexibility index (Phi) is 8.07. The van der Waals surface area contributed by atoms with Crippen molar-refractivity contribution in [3.8, 4) is 11.1 Å². The van der Waals surface area contributed by atoms with Crippen LogP contribution < -0.4 is 11.1 Å². The van der Waals surface area contributed by atoms with Crippen LogP contribution in [0.15, 0.2) is 53.2 Å². The van der Waals surface area contributed by atoms with Crippen LogP contribution in [0.1, 0.15) is 10.4 Å². The summed E-state index contributed by atoms with van der Waals surface area (Å²) in [5, 5.41) is 10.7. The molecule has 3 aromatic rings. The second-order valence-electron chi connectivity index (χ2n) is 6.92. The van der Waals surface area contributed by atoms with E-state index in [1.807, 2.05) is 0 Å². The molecule has 0 radical (unpaired) electrons. The summed E-state index contributed by atoms with van der Waals surface area (Å²) in [4.78, 5) is 12.4. The predicted molar refractivity (Wildman–Crippen MR) is 123 cm³/mol. The number of fused-ring (bicyclic) bond motifs is 1. The molecule has 1 aromatic heterocycles. The molecule has 0 saturated heterocycles. The zero-order valence-corrected chi connectivity index (χ0v) is 19.4. The Morgan fingerprint density at radius 1 is 1.28 bits per heavy atom. The van der Waals surface area contributed by atoms with E-state index in [4.69, 9.17) is 5.73 Å². The lowest BCUT2D eigenvalue weighted by Gasteiger charge is -2.13. The number of rotatable bonds is 7. The molecule has 0 unspecified atom stereocenters. The van der Waals surface area contributed by atoms with Crippen molar-refractivity contribution in [2.24, 2.45) is 5.73 Å². The number of aromatic nitrogens is 3. The van der Waals surface area contributed by atoms with Gasteiger partial charge in [0.2, 0.25) is 10.0 Å². The van der Waals surface area contributed by atoms with E-state index in [0.29, 0.717) is 27.7 Å². The van der Waals surface area contributed by atoms with Crippen LogP contribution in [0.4, 0.5) is 4.39 Å². The Morgan fingerprint density at radius 3 is 2.62 bits per heavy atom. The van der Waals surface area contributed by atoms with Gasteiger partial charge in [-0.25, -0.2) is 21.8 Å². The lowest BCUT2D eigenvalue weighted by atomic mass is 10.0. The molecule has 32 heavy (non-hydrogen) atoms. The first kappa shape index (κ1) is 25.4. The average molecular weight is 483 g/mol. The second kappa shape index (κ2) is 10.2. The van der Waals surface area contributed by atoms with Crippen molar-refractivity contribution < 1.29 is 17.6 Å². The highest BCUT2D eigenvalue weighted by Crippen LogP contribution is 2.31. The normalized spacial score (nSPS) is 12.1. The van der Waals surface area contributed by atoms with E-state index in [2.05, 4.69) is 15.6 Å². The zero-order chi connectivity index (χ0) is 22.8. The number of hydrogen-bond donors (Lipinski definition) is 2. The van der Waals surface area contributed by atoms with E-state index in [9.17, 15) is 17.6 Å². The first-order valence-corrected chi connectivity index (χ1v) is 10.8. The van der Waals surface area contributed by atoms with Crippen molar-refractivity contribution in [3.05, 3.63) is 53.9 Å². The highest BCUT2D eigenvalue weighted by atomic mass is 35.5. The van der Waals surface area contributed by atoms with E-state index in [1.165, 1.54) is 44.0 Å². The van der Waals surface area contributed by atoms with E-state index in [0.717, 1.165) is 4.31 Å². The Bertz CT molecular complexity index is 1270. The van der Waals surface area contributed by atoms with Gasteiger partial charge in [-0.2, -0.15) is 0 Å². The number of nitrogens with zero attached hydrogens (tertiary/aromatic N) is 4. The molecule has 12 heteroatoms. The average Bonchev–Trinajstić information content (AvgIpc) is 3.15. The molecular formula is C20H24ClFN6O3S. The molecule has 172 valence electrons. The number of carbonyl (C=O) groups is 1. The van der Waals surface area contributed by atoms with Gasteiger partial charge in [0, 0.05) is 38.8 Å². The number of nitrogens with two attached hydrogens (primary N) is 1. The van der Waals surface area contributed by atoms with Crippen molar-refractivity contribution >= 4 is 39.4 Å². The lowest BCUT2D eigenvalue weighted by molar-refractivity contribution is 0.0963. The fraction of sp³-hybridized carbons (Fsp3) is 0.250. The van der Waals surface area contributed by atoms with Gasteiger partial charge in [0.25, 0.3) is 5.91 Å². The number of carbonyl (C=O) groups excluding carboxylic acids is 1. The Morgan fingerprint density at radius 2 is 2.00 bits per heavy atom. The van der Waals surface area contributed by atoms with E-state index in [-0.39, 0.29) is 36.3 Å². The van der Waals surface area contributed by atoms with Gasteiger partial charge >= 0.3 is 0 Å². The van der Waals surface area contributed by atoms with Gasteiger partial charge in [-0.1, -0.05) is 17.3 Å². The number of benzene rings is 2. The molecule has 0 bridgehead atoms. The highest BCUT2D eigenvalue weighted by Gasteiger charge is 2.20. The summed E-state index contributed by atoms with van der Waals surface area (Å²) in [6.07, 6.45) is 1.23. The molecule has 3 N–H and O–H groups in total. The number of amides is 1. The minimum atomic E-state index is -3.66. The molecule has 0 fully saturated rings. The van der Waals surface area contributed by atoms with Crippen molar-refractivity contribution in [3.63, 3.8) is 0 Å². The third-order valence-electron chi connectivity index (χ3n) is 4.67. The summed E-state index contributed by atoms with van der Waals surface area (Å²) in [7, 11) is 0.723. The molecule has 1 amide bonds. The number of sulfonamides is 1. The van der Waals surface area contributed by atoms with Gasteiger partial charge in [0.1, 0.15) is 11.3 Å². The van der Waals surface area contributed by atoms with Crippen LogP contribution in [0.25, 0.3) is 22.2 Å². The van der Waals surface area contributed by atoms with Crippen LogP contribution in [-0.4, -0.2) is 61.3 Å². The van der Waals surface area contributed by atoms with Crippen molar-refractivity contribution in [2.45, 2.75) is 11.4 Å². The Balaban J connectivity index is 0.00000363. The molecular weight excluding hydrogens is 459 g/mol. The maximum atomic E-state index is 14.0. The number of halogens is 2. The zero-order valence-electron chi connectivity index (χ0n) is 17.7. The summed E-state index contributed by atoms with van der Waals surface area (Å²) in [5.74, 6) is -0.841. The van der Waals surface area contributed by atoms with Crippen molar-refractivity contribution in [2.75, 3.05) is 27.7 Å². The monoisotopic (exact) mass is 482 g/mol. The van der Waals surface area contributed by atoms with Crippen LogP contribution in [-0.2, 0) is 16.6 Å². The Labute approximate surface area is 191 Å². The molecule has 3 rings (SSSR count). The predicted octanol–water partition coefficient (Wildman–Crippen LogP) is 1.94. The van der Waals surface area contributed by atoms with Gasteiger partial charge in [0.15, 0.2) is 0 Å². The minimum absolute atomic E-state index is 0. The van der Waals surface area contributed by atoms with Crippen LogP contribution in [0.2, 0.25) is 0 Å². The molecule has 1 heterocycles. The van der Waals surface area contributed by atoms with Crippen molar-refractivity contribution in [1.29, 1.82) is 0 Å².